The summed E-state index contributed by atoms with van der Waals surface area (Å²) in [5.41, 5.74) is 7.02. The first kappa shape index (κ1) is 9.58. The van der Waals surface area contributed by atoms with Gasteiger partial charge < -0.3 is 15.5 Å². The Hall–Kier alpha value is -1.97. The molecule has 0 bridgehead atoms. The Morgan fingerprint density at radius 3 is 2.73 bits per heavy atom. The van der Waals surface area contributed by atoms with Gasteiger partial charge in [-0.05, 0) is 25.1 Å². The molecule has 1 heterocycles. The SMILES string of the molecule is COc1ccc2c(N)c(C)[nH]c(=O)c2c1. The molecule has 2 rings (SSSR count). The summed E-state index contributed by atoms with van der Waals surface area (Å²) in [6.07, 6.45) is 0. The minimum Gasteiger partial charge on any atom is -0.497 e. The van der Waals surface area contributed by atoms with E-state index in [1.54, 1.807) is 32.2 Å². The van der Waals surface area contributed by atoms with Crippen molar-refractivity contribution in [3.8, 4) is 5.75 Å². The van der Waals surface area contributed by atoms with E-state index < -0.39 is 0 Å². The number of rotatable bonds is 1. The van der Waals surface area contributed by atoms with Gasteiger partial charge in [0.15, 0.2) is 0 Å². The fourth-order valence-electron chi connectivity index (χ4n) is 1.58. The number of methoxy groups -OCH3 is 1. The van der Waals surface area contributed by atoms with Gasteiger partial charge in [0.05, 0.1) is 18.2 Å². The molecule has 0 amide bonds. The number of pyridine rings is 1. The molecule has 0 aliphatic heterocycles. The van der Waals surface area contributed by atoms with Crippen LogP contribution in [0.15, 0.2) is 23.0 Å². The normalized spacial score (nSPS) is 10.5. The number of hydrogen-bond donors (Lipinski definition) is 2. The number of benzene rings is 1. The molecule has 15 heavy (non-hydrogen) atoms. The molecule has 0 aliphatic carbocycles. The minimum atomic E-state index is -0.143. The molecule has 0 spiro atoms. The number of nitrogens with one attached hydrogen (secondary N) is 1. The second kappa shape index (κ2) is 3.31. The van der Waals surface area contributed by atoms with Crippen molar-refractivity contribution < 1.29 is 4.74 Å². The molecule has 0 atom stereocenters. The number of aryl methyl sites for hydroxylation is 1. The first-order chi connectivity index (χ1) is 7.13. The van der Waals surface area contributed by atoms with Gasteiger partial charge in [-0.15, -0.1) is 0 Å². The van der Waals surface area contributed by atoms with E-state index in [2.05, 4.69) is 4.98 Å². The van der Waals surface area contributed by atoms with Crippen molar-refractivity contribution in [3.05, 3.63) is 34.2 Å². The lowest BCUT2D eigenvalue weighted by atomic mass is 10.1. The second-order valence-corrected chi connectivity index (χ2v) is 3.40. The van der Waals surface area contributed by atoms with Gasteiger partial charge in [-0.1, -0.05) is 0 Å². The van der Waals surface area contributed by atoms with Crippen molar-refractivity contribution >= 4 is 16.5 Å². The van der Waals surface area contributed by atoms with Crippen LogP contribution in [0.5, 0.6) is 5.75 Å². The van der Waals surface area contributed by atoms with Crippen molar-refractivity contribution in [3.63, 3.8) is 0 Å². The zero-order valence-electron chi connectivity index (χ0n) is 8.63. The Kier molecular flexibility index (Phi) is 2.11. The highest BCUT2D eigenvalue weighted by molar-refractivity contribution is 5.93. The molecule has 1 aromatic heterocycles. The van der Waals surface area contributed by atoms with E-state index in [-0.39, 0.29) is 5.56 Å². The first-order valence-corrected chi connectivity index (χ1v) is 4.59. The van der Waals surface area contributed by atoms with Crippen LogP contribution in [0.2, 0.25) is 0 Å². The summed E-state index contributed by atoms with van der Waals surface area (Å²) in [5, 5.41) is 1.31. The van der Waals surface area contributed by atoms with Gasteiger partial charge in [0.25, 0.3) is 5.56 Å². The van der Waals surface area contributed by atoms with Crippen LogP contribution in [0.3, 0.4) is 0 Å². The fourth-order valence-corrected chi connectivity index (χ4v) is 1.58. The molecule has 3 N–H and O–H groups in total. The third-order valence-electron chi connectivity index (χ3n) is 2.47. The topological polar surface area (TPSA) is 68.1 Å². The Morgan fingerprint density at radius 2 is 2.07 bits per heavy atom. The third-order valence-corrected chi connectivity index (χ3v) is 2.47. The maximum absolute atomic E-state index is 11.7. The standard InChI is InChI=1S/C11H12N2O2/c1-6-10(12)8-4-3-7(15-2)5-9(8)11(14)13-6/h3-5H,12H2,1-2H3,(H,13,14). The molecule has 0 saturated heterocycles. The average molecular weight is 204 g/mol. The highest BCUT2D eigenvalue weighted by Crippen LogP contribution is 2.23. The van der Waals surface area contributed by atoms with Crippen LogP contribution in [0.25, 0.3) is 10.8 Å². The van der Waals surface area contributed by atoms with E-state index in [0.29, 0.717) is 22.5 Å². The Labute approximate surface area is 86.7 Å². The summed E-state index contributed by atoms with van der Waals surface area (Å²) >= 11 is 0. The maximum Gasteiger partial charge on any atom is 0.256 e. The van der Waals surface area contributed by atoms with Crippen molar-refractivity contribution in [2.45, 2.75) is 6.92 Å². The highest BCUT2D eigenvalue weighted by atomic mass is 16.5. The van der Waals surface area contributed by atoms with Crippen LogP contribution in [0, 0.1) is 6.92 Å². The van der Waals surface area contributed by atoms with Crippen LogP contribution < -0.4 is 16.0 Å². The lowest BCUT2D eigenvalue weighted by Gasteiger charge is -2.06. The molecule has 4 nitrogen and oxygen atoms in total. The van der Waals surface area contributed by atoms with Gasteiger partial charge >= 0.3 is 0 Å². The lowest BCUT2D eigenvalue weighted by Crippen LogP contribution is -2.10. The van der Waals surface area contributed by atoms with E-state index in [1.165, 1.54) is 0 Å². The predicted molar refractivity (Wildman–Crippen MR) is 60.3 cm³/mol. The van der Waals surface area contributed by atoms with Crippen LogP contribution >= 0.6 is 0 Å². The van der Waals surface area contributed by atoms with Gasteiger partial charge in [0.1, 0.15) is 5.75 Å². The van der Waals surface area contributed by atoms with Crippen LogP contribution in [-0.4, -0.2) is 12.1 Å². The molecular weight excluding hydrogens is 192 g/mol. The van der Waals surface area contributed by atoms with Crippen LogP contribution in [-0.2, 0) is 0 Å². The van der Waals surface area contributed by atoms with Crippen LogP contribution in [0.4, 0.5) is 5.69 Å². The number of aromatic nitrogens is 1. The molecule has 78 valence electrons. The predicted octanol–water partition coefficient (Wildman–Crippen LogP) is 1.43. The minimum absolute atomic E-state index is 0.143. The largest absolute Gasteiger partial charge is 0.497 e. The van der Waals surface area contributed by atoms with E-state index in [4.69, 9.17) is 10.5 Å². The van der Waals surface area contributed by atoms with Gasteiger partial charge in [-0.2, -0.15) is 0 Å². The van der Waals surface area contributed by atoms with Crippen LogP contribution in [0.1, 0.15) is 5.69 Å². The molecule has 0 radical (unpaired) electrons. The van der Waals surface area contributed by atoms with Gasteiger partial charge in [-0.25, -0.2) is 0 Å². The molecule has 0 fully saturated rings. The quantitative estimate of drug-likeness (QED) is 0.738. The monoisotopic (exact) mass is 204 g/mol. The molecule has 0 saturated carbocycles. The molecule has 4 heteroatoms. The second-order valence-electron chi connectivity index (χ2n) is 3.40. The summed E-state index contributed by atoms with van der Waals surface area (Å²) < 4.78 is 5.05. The number of anilines is 1. The molecule has 0 aliphatic rings. The molecule has 2 aromatic rings. The van der Waals surface area contributed by atoms with E-state index in [0.717, 1.165) is 5.39 Å². The molecule has 1 aromatic carbocycles. The zero-order chi connectivity index (χ0) is 11.0. The number of nitrogens with two attached hydrogens (primary N) is 1. The highest BCUT2D eigenvalue weighted by Gasteiger charge is 2.06. The van der Waals surface area contributed by atoms with E-state index in [1.807, 2.05) is 0 Å². The zero-order valence-corrected chi connectivity index (χ0v) is 8.63. The number of aromatic amines is 1. The summed E-state index contributed by atoms with van der Waals surface area (Å²) in [6.45, 7) is 1.78. The number of H-pyrrole nitrogens is 1. The Morgan fingerprint density at radius 1 is 1.33 bits per heavy atom. The first-order valence-electron chi connectivity index (χ1n) is 4.59. The van der Waals surface area contributed by atoms with Crippen molar-refractivity contribution in [1.82, 2.24) is 4.98 Å². The summed E-state index contributed by atoms with van der Waals surface area (Å²) in [6, 6.07) is 5.27. The average Bonchev–Trinajstić information content (AvgIpc) is 2.25. The van der Waals surface area contributed by atoms with Crippen molar-refractivity contribution in [2.75, 3.05) is 12.8 Å². The Bertz CT molecular complexity index is 573. The Balaban J connectivity index is 2.90. The maximum atomic E-state index is 11.7. The smallest absolute Gasteiger partial charge is 0.256 e. The third kappa shape index (κ3) is 1.44. The lowest BCUT2D eigenvalue weighted by molar-refractivity contribution is 0.415. The van der Waals surface area contributed by atoms with E-state index >= 15 is 0 Å². The van der Waals surface area contributed by atoms with Crippen molar-refractivity contribution in [2.24, 2.45) is 0 Å². The summed E-state index contributed by atoms with van der Waals surface area (Å²) in [5.74, 6) is 0.649. The van der Waals surface area contributed by atoms with E-state index in [9.17, 15) is 4.79 Å². The van der Waals surface area contributed by atoms with Gasteiger partial charge in [0, 0.05) is 11.1 Å². The molecular formula is C11H12N2O2. The fraction of sp³-hybridized carbons (Fsp3) is 0.182. The number of fused-ring (bicyclic) bond motifs is 1. The number of ether oxygens (including phenoxy) is 1. The van der Waals surface area contributed by atoms with Gasteiger partial charge in [0.2, 0.25) is 0 Å². The summed E-state index contributed by atoms with van der Waals surface area (Å²) in [4.78, 5) is 14.3. The van der Waals surface area contributed by atoms with Crippen molar-refractivity contribution in [1.29, 1.82) is 0 Å². The van der Waals surface area contributed by atoms with Gasteiger partial charge in [-0.3, -0.25) is 4.79 Å². The summed E-state index contributed by atoms with van der Waals surface area (Å²) in [7, 11) is 1.56. The molecule has 0 unspecified atom stereocenters. The number of hydrogen-bond acceptors (Lipinski definition) is 3. The number of nitrogen functional groups attached to an aromatic ring is 1.